The molecule has 0 amide bonds. The number of hydrogen-bond acceptors (Lipinski definition) is 3. The summed E-state index contributed by atoms with van der Waals surface area (Å²) in [6.07, 6.45) is 2.12. The van der Waals surface area contributed by atoms with Crippen molar-refractivity contribution in [1.82, 2.24) is 0 Å². The smallest absolute Gasteiger partial charge is 0.142 e. The minimum absolute atomic E-state index is 0.132. The van der Waals surface area contributed by atoms with Gasteiger partial charge in [0.15, 0.2) is 0 Å². The van der Waals surface area contributed by atoms with E-state index in [4.69, 9.17) is 26.8 Å². The lowest BCUT2D eigenvalue weighted by Gasteiger charge is -2.41. The second-order valence-corrected chi connectivity index (χ2v) is 5.58. The van der Waals surface area contributed by atoms with Gasteiger partial charge in [-0.2, -0.15) is 0 Å². The first-order valence-electron chi connectivity index (χ1n) is 6.98. The van der Waals surface area contributed by atoms with Crippen LogP contribution in [0.1, 0.15) is 25.3 Å². The van der Waals surface area contributed by atoms with Crippen molar-refractivity contribution in [2.24, 2.45) is 5.73 Å². The van der Waals surface area contributed by atoms with Crippen molar-refractivity contribution < 1.29 is 13.9 Å². The van der Waals surface area contributed by atoms with Gasteiger partial charge in [0.2, 0.25) is 0 Å². The van der Waals surface area contributed by atoms with E-state index in [2.05, 4.69) is 0 Å². The van der Waals surface area contributed by atoms with E-state index in [1.165, 1.54) is 6.07 Å². The fourth-order valence-corrected chi connectivity index (χ4v) is 2.85. The highest BCUT2D eigenvalue weighted by Gasteiger charge is 2.39. The summed E-state index contributed by atoms with van der Waals surface area (Å²) in [5.41, 5.74) is 6.82. The number of nitrogens with two attached hydrogens (primary N) is 1. The maximum Gasteiger partial charge on any atom is 0.142 e. The fourth-order valence-electron chi connectivity index (χ4n) is 2.73. The normalized spacial score (nSPS) is 19.8. The van der Waals surface area contributed by atoms with E-state index in [1.54, 1.807) is 6.07 Å². The average Bonchev–Trinajstić information content (AvgIpc) is 2.44. The average molecular weight is 302 g/mol. The molecule has 1 aliphatic rings. The van der Waals surface area contributed by atoms with Gasteiger partial charge in [0, 0.05) is 38.7 Å². The zero-order valence-electron chi connectivity index (χ0n) is 11.7. The third kappa shape index (κ3) is 3.50. The summed E-state index contributed by atoms with van der Waals surface area (Å²) in [6, 6.07) is 4.63. The van der Waals surface area contributed by atoms with Gasteiger partial charge in [-0.1, -0.05) is 17.7 Å². The van der Waals surface area contributed by atoms with Gasteiger partial charge in [0.05, 0.1) is 10.6 Å². The van der Waals surface area contributed by atoms with Crippen molar-refractivity contribution in [2.45, 2.75) is 37.8 Å². The molecular weight excluding hydrogens is 281 g/mol. The lowest BCUT2D eigenvalue weighted by molar-refractivity contribution is -0.120. The Morgan fingerprint density at radius 1 is 1.45 bits per heavy atom. The van der Waals surface area contributed by atoms with Crippen LogP contribution in [0.4, 0.5) is 4.39 Å². The quantitative estimate of drug-likeness (QED) is 0.909. The van der Waals surface area contributed by atoms with E-state index >= 15 is 0 Å². The molecule has 1 aliphatic heterocycles. The maximum atomic E-state index is 13.5. The molecule has 1 heterocycles. The molecule has 3 nitrogen and oxygen atoms in total. The van der Waals surface area contributed by atoms with Crippen LogP contribution in [-0.2, 0) is 15.9 Å². The molecule has 0 spiro atoms. The molecule has 1 atom stereocenters. The van der Waals surface area contributed by atoms with Crippen LogP contribution >= 0.6 is 11.6 Å². The van der Waals surface area contributed by atoms with E-state index in [0.717, 1.165) is 18.4 Å². The summed E-state index contributed by atoms with van der Waals surface area (Å²) in [4.78, 5) is 0. The van der Waals surface area contributed by atoms with Crippen molar-refractivity contribution in [2.75, 3.05) is 19.8 Å². The van der Waals surface area contributed by atoms with E-state index in [-0.39, 0.29) is 16.7 Å². The van der Waals surface area contributed by atoms with Gasteiger partial charge in [-0.05, 0) is 31.0 Å². The summed E-state index contributed by atoms with van der Waals surface area (Å²) < 4.78 is 24.8. The summed E-state index contributed by atoms with van der Waals surface area (Å²) in [5, 5.41) is 0.132. The minimum atomic E-state index is -0.409. The summed E-state index contributed by atoms with van der Waals surface area (Å²) in [7, 11) is 0. The van der Waals surface area contributed by atoms with Crippen LogP contribution in [0.15, 0.2) is 18.2 Å². The highest BCUT2D eigenvalue weighted by atomic mass is 35.5. The lowest BCUT2D eigenvalue weighted by Crippen LogP contribution is -2.54. The van der Waals surface area contributed by atoms with Gasteiger partial charge in [0.25, 0.3) is 0 Å². The Morgan fingerprint density at radius 3 is 2.75 bits per heavy atom. The first kappa shape index (κ1) is 15.7. The molecule has 0 saturated carbocycles. The van der Waals surface area contributed by atoms with Gasteiger partial charge < -0.3 is 15.2 Å². The Labute approximate surface area is 124 Å². The molecule has 1 fully saturated rings. The molecule has 1 aromatic carbocycles. The van der Waals surface area contributed by atoms with Crippen LogP contribution in [-0.4, -0.2) is 31.5 Å². The molecule has 5 heteroatoms. The Bertz CT molecular complexity index is 444. The Morgan fingerprint density at radius 2 is 2.15 bits per heavy atom. The molecule has 2 rings (SSSR count). The molecule has 0 bridgehead atoms. The highest BCUT2D eigenvalue weighted by Crippen LogP contribution is 2.30. The third-order valence-electron chi connectivity index (χ3n) is 3.89. The number of rotatable bonds is 5. The van der Waals surface area contributed by atoms with Crippen molar-refractivity contribution in [3.8, 4) is 0 Å². The molecule has 0 radical (unpaired) electrons. The van der Waals surface area contributed by atoms with Crippen LogP contribution in [0.2, 0.25) is 5.02 Å². The van der Waals surface area contributed by atoms with E-state index in [1.807, 2.05) is 13.0 Å². The van der Waals surface area contributed by atoms with E-state index in [0.29, 0.717) is 26.2 Å². The third-order valence-corrected chi connectivity index (χ3v) is 4.19. The molecule has 1 unspecified atom stereocenters. The summed E-state index contributed by atoms with van der Waals surface area (Å²) in [6.45, 7) is 3.89. The standard InChI is InChI=1S/C15H21ClFNO2/c1-2-20-15(5-7-19-8-6-15)14(18)10-11-3-4-12(16)13(17)9-11/h3-4,9,14H,2,5-8,10,18H2,1H3. The molecule has 1 aromatic rings. The van der Waals surface area contributed by atoms with Gasteiger partial charge in [-0.25, -0.2) is 4.39 Å². The Kier molecular flexibility index (Phi) is 5.38. The topological polar surface area (TPSA) is 44.5 Å². The minimum Gasteiger partial charge on any atom is -0.381 e. The van der Waals surface area contributed by atoms with Crippen LogP contribution in [0.25, 0.3) is 0 Å². The van der Waals surface area contributed by atoms with E-state index in [9.17, 15) is 4.39 Å². The monoisotopic (exact) mass is 301 g/mol. The van der Waals surface area contributed by atoms with Crippen molar-refractivity contribution in [3.63, 3.8) is 0 Å². The molecule has 1 saturated heterocycles. The molecule has 0 aromatic heterocycles. The predicted octanol–water partition coefficient (Wildman–Crippen LogP) is 2.93. The van der Waals surface area contributed by atoms with Crippen LogP contribution in [0.5, 0.6) is 0 Å². The van der Waals surface area contributed by atoms with Crippen molar-refractivity contribution >= 4 is 11.6 Å². The van der Waals surface area contributed by atoms with Gasteiger partial charge in [-0.15, -0.1) is 0 Å². The first-order chi connectivity index (χ1) is 9.57. The Balaban J connectivity index is 2.11. The zero-order valence-corrected chi connectivity index (χ0v) is 12.5. The number of halogens is 2. The van der Waals surface area contributed by atoms with Gasteiger partial charge >= 0.3 is 0 Å². The van der Waals surface area contributed by atoms with Crippen molar-refractivity contribution in [1.29, 1.82) is 0 Å². The number of ether oxygens (including phenoxy) is 2. The number of benzene rings is 1. The summed E-state index contributed by atoms with van der Waals surface area (Å²) in [5.74, 6) is -0.409. The lowest BCUT2D eigenvalue weighted by atomic mass is 9.83. The fraction of sp³-hybridized carbons (Fsp3) is 0.600. The SMILES string of the molecule is CCOC1(C(N)Cc2ccc(Cl)c(F)c2)CCOCC1. The van der Waals surface area contributed by atoms with Gasteiger partial charge in [0.1, 0.15) is 5.82 Å². The molecule has 112 valence electrons. The highest BCUT2D eigenvalue weighted by molar-refractivity contribution is 6.30. The molecule has 20 heavy (non-hydrogen) atoms. The Hall–Kier alpha value is -0.680. The van der Waals surface area contributed by atoms with Gasteiger partial charge in [-0.3, -0.25) is 0 Å². The molecule has 2 N–H and O–H groups in total. The number of hydrogen-bond donors (Lipinski definition) is 1. The second-order valence-electron chi connectivity index (χ2n) is 5.17. The van der Waals surface area contributed by atoms with E-state index < -0.39 is 5.82 Å². The van der Waals surface area contributed by atoms with Crippen LogP contribution in [0, 0.1) is 5.82 Å². The second kappa shape index (κ2) is 6.85. The largest absolute Gasteiger partial charge is 0.381 e. The summed E-state index contributed by atoms with van der Waals surface area (Å²) >= 11 is 5.70. The van der Waals surface area contributed by atoms with Crippen LogP contribution in [0.3, 0.4) is 0 Å². The predicted molar refractivity (Wildman–Crippen MR) is 77.5 cm³/mol. The van der Waals surface area contributed by atoms with Crippen molar-refractivity contribution in [3.05, 3.63) is 34.6 Å². The molecular formula is C15H21ClFNO2. The zero-order chi connectivity index (χ0) is 14.6. The first-order valence-corrected chi connectivity index (χ1v) is 7.36. The molecule has 0 aliphatic carbocycles. The maximum absolute atomic E-state index is 13.5. The van der Waals surface area contributed by atoms with Crippen LogP contribution < -0.4 is 5.73 Å².